The van der Waals surface area contributed by atoms with E-state index in [1.807, 2.05) is 19.2 Å². The maximum atomic E-state index is 12.7. The molecule has 1 aliphatic heterocycles. The van der Waals surface area contributed by atoms with Gasteiger partial charge in [0.15, 0.2) is 0 Å². The molecule has 8 heteroatoms. The molecule has 154 valence electrons. The van der Waals surface area contributed by atoms with E-state index in [4.69, 9.17) is 4.74 Å². The fourth-order valence-electron chi connectivity index (χ4n) is 3.07. The maximum Gasteiger partial charge on any atom is 0.258 e. The van der Waals surface area contributed by atoms with E-state index in [2.05, 4.69) is 20.5 Å². The SMILES string of the molecule is CSc1ncccc1C(=O)Nc1cc(C(=O)NCCN2CCOCC2)ccc1C. The normalized spacial score (nSPS) is 14.4. The number of thioether (sulfide) groups is 1. The minimum Gasteiger partial charge on any atom is -0.379 e. The summed E-state index contributed by atoms with van der Waals surface area (Å²) in [7, 11) is 0. The molecule has 0 unspecified atom stereocenters. The maximum absolute atomic E-state index is 12.7. The average molecular weight is 415 g/mol. The van der Waals surface area contributed by atoms with Crippen molar-refractivity contribution in [3.05, 3.63) is 53.2 Å². The van der Waals surface area contributed by atoms with E-state index < -0.39 is 0 Å². The third-order valence-corrected chi connectivity index (χ3v) is 5.49. The highest BCUT2D eigenvalue weighted by Gasteiger charge is 2.15. The predicted molar refractivity (Wildman–Crippen MR) is 115 cm³/mol. The van der Waals surface area contributed by atoms with Crippen LogP contribution < -0.4 is 10.6 Å². The fraction of sp³-hybridized carbons (Fsp3) is 0.381. The number of carbonyl (C=O) groups excluding carboxylic acids is 2. The molecule has 1 aromatic heterocycles. The lowest BCUT2D eigenvalue weighted by Gasteiger charge is -2.26. The van der Waals surface area contributed by atoms with E-state index in [0.29, 0.717) is 28.4 Å². The highest BCUT2D eigenvalue weighted by molar-refractivity contribution is 7.98. The molecule has 2 N–H and O–H groups in total. The molecule has 7 nitrogen and oxygen atoms in total. The highest BCUT2D eigenvalue weighted by atomic mass is 32.2. The Labute approximate surface area is 175 Å². The molecule has 0 saturated carbocycles. The van der Waals surface area contributed by atoms with E-state index in [-0.39, 0.29) is 11.8 Å². The third kappa shape index (κ3) is 5.79. The molecule has 0 aliphatic carbocycles. The first-order chi connectivity index (χ1) is 14.1. The summed E-state index contributed by atoms with van der Waals surface area (Å²) in [5, 5.41) is 6.52. The summed E-state index contributed by atoms with van der Waals surface area (Å²) < 4.78 is 5.33. The molecule has 0 bridgehead atoms. The first-order valence-electron chi connectivity index (χ1n) is 9.58. The van der Waals surface area contributed by atoms with Gasteiger partial charge >= 0.3 is 0 Å². The minimum atomic E-state index is -0.240. The van der Waals surface area contributed by atoms with Gasteiger partial charge in [-0.15, -0.1) is 11.8 Å². The number of anilines is 1. The van der Waals surface area contributed by atoms with Crippen LogP contribution in [0.5, 0.6) is 0 Å². The van der Waals surface area contributed by atoms with Crippen molar-refractivity contribution in [2.75, 3.05) is 51.0 Å². The van der Waals surface area contributed by atoms with Crippen molar-refractivity contribution in [3.8, 4) is 0 Å². The summed E-state index contributed by atoms with van der Waals surface area (Å²) in [4.78, 5) is 31.7. The fourth-order valence-corrected chi connectivity index (χ4v) is 3.62. The number of morpholine rings is 1. The Morgan fingerprint density at radius 1 is 1.21 bits per heavy atom. The number of aryl methyl sites for hydroxylation is 1. The summed E-state index contributed by atoms with van der Waals surface area (Å²) in [5.74, 6) is -0.393. The van der Waals surface area contributed by atoms with Gasteiger partial charge in [-0.3, -0.25) is 14.5 Å². The molecule has 0 atom stereocenters. The molecule has 2 amide bonds. The molecular formula is C21H26N4O3S. The Morgan fingerprint density at radius 3 is 2.76 bits per heavy atom. The van der Waals surface area contributed by atoms with E-state index in [0.717, 1.165) is 38.4 Å². The third-order valence-electron chi connectivity index (χ3n) is 4.77. The van der Waals surface area contributed by atoms with Crippen LogP contribution in [-0.2, 0) is 4.74 Å². The summed E-state index contributed by atoms with van der Waals surface area (Å²) in [6, 6.07) is 8.80. The Kier molecular flexibility index (Phi) is 7.62. The number of pyridine rings is 1. The van der Waals surface area contributed by atoms with Crippen LogP contribution in [0.3, 0.4) is 0 Å². The van der Waals surface area contributed by atoms with E-state index in [1.54, 1.807) is 30.5 Å². The summed E-state index contributed by atoms with van der Waals surface area (Å²) in [6.07, 6.45) is 3.54. The van der Waals surface area contributed by atoms with Gasteiger partial charge in [0.2, 0.25) is 0 Å². The quantitative estimate of drug-likeness (QED) is 0.677. The van der Waals surface area contributed by atoms with Crippen molar-refractivity contribution in [2.24, 2.45) is 0 Å². The minimum absolute atomic E-state index is 0.153. The van der Waals surface area contributed by atoms with Crippen LogP contribution in [0.1, 0.15) is 26.3 Å². The van der Waals surface area contributed by atoms with Gasteiger partial charge in [0, 0.05) is 43.6 Å². The summed E-state index contributed by atoms with van der Waals surface area (Å²) in [5.41, 5.74) is 2.54. The second-order valence-electron chi connectivity index (χ2n) is 6.75. The lowest BCUT2D eigenvalue weighted by Crippen LogP contribution is -2.41. The van der Waals surface area contributed by atoms with Gasteiger partial charge in [0.25, 0.3) is 11.8 Å². The summed E-state index contributed by atoms with van der Waals surface area (Å²) in [6.45, 7) is 6.53. The van der Waals surface area contributed by atoms with Crippen molar-refractivity contribution in [3.63, 3.8) is 0 Å². The Morgan fingerprint density at radius 2 is 2.00 bits per heavy atom. The monoisotopic (exact) mass is 414 g/mol. The molecule has 0 radical (unpaired) electrons. The Bertz CT molecular complexity index is 869. The number of nitrogens with zero attached hydrogens (tertiary/aromatic N) is 2. The largest absolute Gasteiger partial charge is 0.379 e. The smallest absolute Gasteiger partial charge is 0.258 e. The van der Waals surface area contributed by atoms with E-state index >= 15 is 0 Å². The van der Waals surface area contributed by atoms with Gasteiger partial charge in [-0.1, -0.05) is 6.07 Å². The number of carbonyl (C=O) groups is 2. The Balaban J connectivity index is 1.62. The molecule has 2 heterocycles. The number of rotatable bonds is 7. The van der Waals surface area contributed by atoms with Crippen LogP contribution in [0.25, 0.3) is 0 Å². The van der Waals surface area contributed by atoms with Crippen LogP contribution in [-0.4, -0.2) is 67.3 Å². The van der Waals surface area contributed by atoms with Gasteiger partial charge in [-0.05, 0) is 43.0 Å². The second kappa shape index (κ2) is 10.4. The van der Waals surface area contributed by atoms with Crippen molar-refractivity contribution in [1.82, 2.24) is 15.2 Å². The topological polar surface area (TPSA) is 83.6 Å². The Hall–Kier alpha value is -2.42. The van der Waals surface area contributed by atoms with Gasteiger partial charge < -0.3 is 15.4 Å². The molecule has 2 aromatic rings. The van der Waals surface area contributed by atoms with Crippen LogP contribution in [0.4, 0.5) is 5.69 Å². The lowest BCUT2D eigenvalue weighted by atomic mass is 10.1. The first kappa shape index (κ1) is 21.3. The van der Waals surface area contributed by atoms with Crippen LogP contribution in [0.2, 0.25) is 0 Å². The number of hydrogen-bond donors (Lipinski definition) is 2. The number of amides is 2. The number of ether oxygens (including phenoxy) is 1. The molecular weight excluding hydrogens is 388 g/mol. The molecule has 1 fully saturated rings. The molecule has 1 aliphatic rings. The van der Waals surface area contributed by atoms with Crippen molar-refractivity contribution in [1.29, 1.82) is 0 Å². The van der Waals surface area contributed by atoms with Gasteiger partial charge in [0.05, 0.1) is 18.8 Å². The molecule has 1 saturated heterocycles. The van der Waals surface area contributed by atoms with E-state index in [9.17, 15) is 9.59 Å². The van der Waals surface area contributed by atoms with Gasteiger partial charge in [0.1, 0.15) is 5.03 Å². The zero-order valence-electron chi connectivity index (χ0n) is 16.7. The second-order valence-corrected chi connectivity index (χ2v) is 7.55. The number of hydrogen-bond acceptors (Lipinski definition) is 6. The van der Waals surface area contributed by atoms with Crippen molar-refractivity contribution in [2.45, 2.75) is 11.9 Å². The van der Waals surface area contributed by atoms with Crippen molar-refractivity contribution < 1.29 is 14.3 Å². The molecule has 0 spiro atoms. The zero-order valence-corrected chi connectivity index (χ0v) is 17.6. The first-order valence-corrected chi connectivity index (χ1v) is 10.8. The highest BCUT2D eigenvalue weighted by Crippen LogP contribution is 2.21. The number of benzene rings is 1. The van der Waals surface area contributed by atoms with Gasteiger partial charge in [-0.2, -0.15) is 0 Å². The lowest BCUT2D eigenvalue weighted by molar-refractivity contribution is 0.0383. The number of nitrogens with one attached hydrogen (secondary N) is 2. The zero-order chi connectivity index (χ0) is 20.6. The molecule has 29 heavy (non-hydrogen) atoms. The van der Waals surface area contributed by atoms with Crippen molar-refractivity contribution >= 4 is 29.3 Å². The standard InChI is InChI=1S/C21H26N4O3S/c1-15-5-6-16(19(26)22-8-9-25-10-12-28-13-11-25)14-18(15)24-20(27)17-4-3-7-23-21(17)29-2/h3-7,14H,8-13H2,1-2H3,(H,22,26)(H,24,27). The molecule has 3 rings (SSSR count). The predicted octanol–water partition coefficient (Wildman–Crippen LogP) is 2.43. The number of aromatic nitrogens is 1. The van der Waals surface area contributed by atoms with Crippen LogP contribution >= 0.6 is 11.8 Å². The van der Waals surface area contributed by atoms with Gasteiger partial charge in [-0.25, -0.2) is 4.98 Å². The molecule has 1 aromatic carbocycles. The summed E-state index contributed by atoms with van der Waals surface area (Å²) >= 11 is 1.42. The van der Waals surface area contributed by atoms with Crippen LogP contribution in [0, 0.1) is 6.92 Å². The van der Waals surface area contributed by atoms with Crippen LogP contribution in [0.15, 0.2) is 41.6 Å². The van der Waals surface area contributed by atoms with E-state index in [1.165, 1.54) is 11.8 Å². The average Bonchev–Trinajstić information content (AvgIpc) is 2.75.